The summed E-state index contributed by atoms with van der Waals surface area (Å²) in [4.78, 5) is 0. The molecule has 0 saturated heterocycles. The minimum atomic E-state index is 0.268. The van der Waals surface area contributed by atoms with E-state index < -0.39 is 0 Å². The number of aromatic nitrogens is 3. The Bertz CT molecular complexity index is 626. The van der Waals surface area contributed by atoms with E-state index in [-0.39, 0.29) is 6.04 Å². The van der Waals surface area contributed by atoms with Crippen molar-refractivity contribution in [1.29, 1.82) is 0 Å². The normalized spacial score (nSPS) is 17.6. The molecule has 1 aliphatic heterocycles. The predicted octanol–water partition coefficient (Wildman–Crippen LogP) is 3.10. The number of rotatable bonds is 4. The molecule has 1 aromatic carbocycles. The number of para-hydroxylation sites is 1. The molecule has 2 N–H and O–H groups in total. The summed E-state index contributed by atoms with van der Waals surface area (Å²) in [6, 6.07) is 8.55. The Morgan fingerprint density at radius 3 is 3.00 bits per heavy atom. The summed E-state index contributed by atoms with van der Waals surface area (Å²) in [6.45, 7) is 4.96. The molecule has 0 saturated carbocycles. The molecule has 0 spiro atoms. The van der Waals surface area contributed by atoms with E-state index in [2.05, 4.69) is 36.2 Å². The van der Waals surface area contributed by atoms with Crippen molar-refractivity contribution in [2.75, 3.05) is 18.1 Å². The zero-order chi connectivity index (χ0) is 14.8. The van der Waals surface area contributed by atoms with E-state index >= 15 is 0 Å². The van der Waals surface area contributed by atoms with Crippen molar-refractivity contribution in [1.82, 2.24) is 14.8 Å². The third-order valence-corrected chi connectivity index (χ3v) is 4.81. The van der Waals surface area contributed by atoms with Crippen molar-refractivity contribution in [3.8, 4) is 5.75 Å². The van der Waals surface area contributed by atoms with Crippen molar-refractivity contribution in [3.63, 3.8) is 0 Å². The van der Waals surface area contributed by atoms with Gasteiger partial charge in [-0.05, 0) is 31.9 Å². The van der Waals surface area contributed by atoms with Gasteiger partial charge in [0.25, 0.3) is 0 Å². The maximum absolute atomic E-state index is 5.88. The highest BCUT2D eigenvalue weighted by Crippen LogP contribution is 2.37. The van der Waals surface area contributed by atoms with Crippen molar-refractivity contribution in [2.45, 2.75) is 37.4 Å². The minimum Gasteiger partial charge on any atom is -0.493 e. The average Bonchev–Trinajstić information content (AvgIpc) is 2.86. The molecule has 1 unspecified atom stereocenters. The number of hydrogen-bond acceptors (Lipinski definition) is 5. The Labute approximate surface area is 128 Å². The number of nitrogens with two attached hydrogens (primary N) is 1. The quantitative estimate of drug-likeness (QED) is 0.879. The van der Waals surface area contributed by atoms with Crippen molar-refractivity contribution < 1.29 is 4.74 Å². The highest BCUT2D eigenvalue weighted by molar-refractivity contribution is 7.99. The van der Waals surface area contributed by atoms with Crippen LogP contribution < -0.4 is 10.5 Å². The van der Waals surface area contributed by atoms with E-state index in [1.165, 1.54) is 5.56 Å². The Morgan fingerprint density at radius 1 is 1.38 bits per heavy atom. The van der Waals surface area contributed by atoms with Gasteiger partial charge in [-0.25, -0.2) is 0 Å². The van der Waals surface area contributed by atoms with Gasteiger partial charge in [-0.2, -0.15) is 0 Å². The van der Waals surface area contributed by atoms with E-state index in [1.54, 1.807) is 11.8 Å². The van der Waals surface area contributed by atoms with E-state index in [0.29, 0.717) is 11.9 Å². The summed E-state index contributed by atoms with van der Waals surface area (Å²) in [6.07, 6.45) is 1.04. The molecule has 1 atom stereocenters. The summed E-state index contributed by atoms with van der Waals surface area (Å²) in [5, 5.41) is 9.08. The molecule has 0 amide bonds. The van der Waals surface area contributed by atoms with Crippen LogP contribution in [0.5, 0.6) is 5.75 Å². The molecule has 21 heavy (non-hydrogen) atoms. The number of hydrogen-bond donors (Lipinski definition) is 1. The lowest BCUT2D eigenvalue weighted by Gasteiger charge is -2.25. The van der Waals surface area contributed by atoms with Gasteiger partial charge in [0.1, 0.15) is 5.75 Å². The smallest absolute Gasteiger partial charge is 0.222 e. The van der Waals surface area contributed by atoms with E-state index in [1.807, 2.05) is 16.7 Å². The molecule has 0 bridgehead atoms. The number of fused-ring (bicyclic) bond motifs is 1. The summed E-state index contributed by atoms with van der Waals surface area (Å²) < 4.78 is 7.69. The van der Waals surface area contributed by atoms with Gasteiger partial charge in [0.05, 0.1) is 6.61 Å². The van der Waals surface area contributed by atoms with Crippen LogP contribution in [-0.4, -0.2) is 27.1 Å². The van der Waals surface area contributed by atoms with Crippen LogP contribution >= 0.6 is 11.8 Å². The molecule has 1 aromatic heterocycles. The van der Waals surface area contributed by atoms with Crippen LogP contribution in [-0.2, 0) is 0 Å². The topological polar surface area (TPSA) is 66.0 Å². The molecule has 6 heteroatoms. The van der Waals surface area contributed by atoms with E-state index in [9.17, 15) is 0 Å². The van der Waals surface area contributed by atoms with Gasteiger partial charge in [0.15, 0.2) is 5.16 Å². The van der Waals surface area contributed by atoms with Gasteiger partial charge in [-0.3, -0.25) is 4.57 Å². The molecular formula is C15H20N4OS. The van der Waals surface area contributed by atoms with Crippen LogP contribution in [0.3, 0.4) is 0 Å². The van der Waals surface area contributed by atoms with Crippen LogP contribution in [0.25, 0.3) is 0 Å². The van der Waals surface area contributed by atoms with E-state index in [0.717, 1.165) is 29.7 Å². The van der Waals surface area contributed by atoms with Crippen LogP contribution in [0.1, 0.15) is 37.8 Å². The first-order valence-electron chi connectivity index (χ1n) is 7.21. The van der Waals surface area contributed by atoms with Gasteiger partial charge in [-0.15, -0.1) is 10.2 Å². The van der Waals surface area contributed by atoms with E-state index in [4.69, 9.17) is 10.5 Å². The standard InChI is InChI=1S/C15H20N4OS/c1-10(2)19-14(16)17-18-15(19)21-9-11-7-8-20-13-6-4-3-5-12(11)13/h3-6,10-11H,7-9H2,1-2H3,(H2,16,17). The molecule has 1 aliphatic rings. The minimum absolute atomic E-state index is 0.268. The second kappa shape index (κ2) is 5.97. The van der Waals surface area contributed by atoms with Gasteiger partial charge >= 0.3 is 0 Å². The van der Waals surface area contributed by atoms with Crippen LogP contribution in [0.4, 0.5) is 5.95 Å². The number of benzene rings is 1. The summed E-state index contributed by atoms with van der Waals surface area (Å²) in [5.74, 6) is 2.95. The number of thioether (sulfide) groups is 1. The molecule has 112 valence electrons. The third-order valence-electron chi connectivity index (χ3n) is 3.70. The number of nitrogen functional groups attached to an aromatic ring is 1. The highest BCUT2D eigenvalue weighted by Gasteiger charge is 2.22. The first kappa shape index (κ1) is 14.3. The van der Waals surface area contributed by atoms with Crippen LogP contribution in [0.15, 0.2) is 29.4 Å². The van der Waals surface area contributed by atoms with Crippen molar-refractivity contribution in [3.05, 3.63) is 29.8 Å². The van der Waals surface area contributed by atoms with Crippen molar-refractivity contribution in [2.24, 2.45) is 0 Å². The van der Waals surface area contributed by atoms with Crippen LogP contribution in [0, 0.1) is 0 Å². The molecule has 5 nitrogen and oxygen atoms in total. The molecule has 3 rings (SSSR count). The lowest BCUT2D eigenvalue weighted by atomic mass is 9.95. The summed E-state index contributed by atoms with van der Waals surface area (Å²) in [5.41, 5.74) is 7.18. The zero-order valence-electron chi connectivity index (χ0n) is 12.3. The molecule has 0 fully saturated rings. The fourth-order valence-corrected chi connectivity index (χ4v) is 3.87. The lowest BCUT2D eigenvalue weighted by Crippen LogP contribution is -2.16. The Morgan fingerprint density at radius 2 is 2.19 bits per heavy atom. The summed E-state index contributed by atoms with van der Waals surface area (Å²) >= 11 is 1.72. The molecule has 0 radical (unpaired) electrons. The predicted molar refractivity (Wildman–Crippen MR) is 84.8 cm³/mol. The summed E-state index contributed by atoms with van der Waals surface area (Å²) in [7, 11) is 0. The number of nitrogens with zero attached hydrogens (tertiary/aromatic N) is 3. The largest absolute Gasteiger partial charge is 0.493 e. The molecule has 2 heterocycles. The Balaban J connectivity index is 1.75. The fourth-order valence-electron chi connectivity index (χ4n) is 2.64. The zero-order valence-corrected chi connectivity index (χ0v) is 13.1. The second-order valence-electron chi connectivity index (χ2n) is 5.49. The first-order chi connectivity index (χ1) is 10.2. The molecular weight excluding hydrogens is 284 g/mol. The van der Waals surface area contributed by atoms with Gasteiger partial charge < -0.3 is 10.5 Å². The maximum atomic E-state index is 5.88. The van der Waals surface area contributed by atoms with Gasteiger partial charge in [0.2, 0.25) is 5.95 Å². The molecule has 2 aromatic rings. The first-order valence-corrected chi connectivity index (χ1v) is 8.20. The SMILES string of the molecule is CC(C)n1c(N)nnc1SCC1CCOc2ccccc21. The molecule has 0 aliphatic carbocycles. The monoisotopic (exact) mass is 304 g/mol. The fraction of sp³-hybridized carbons (Fsp3) is 0.467. The van der Waals surface area contributed by atoms with Gasteiger partial charge in [0, 0.05) is 17.7 Å². The van der Waals surface area contributed by atoms with Crippen LogP contribution in [0.2, 0.25) is 0 Å². The number of anilines is 1. The third kappa shape index (κ3) is 2.85. The highest BCUT2D eigenvalue weighted by atomic mass is 32.2. The Kier molecular flexibility index (Phi) is 4.05. The van der Waals surface area contributed by atoms with Gasteiger partial charge in [-0.1, -0.05) is 30.0 Å². The second-order valence-corrected chi connectivity index (χ2v) is 6.47. The van der Waals surface area contributed by atoms with Crippen molar-refractivity contribution >= 4 is 17.7 Å². The Hall–Kier alpha value is -1.69. The maximum Gasteiger partial charge on any atom is 0.222 e. The average molecular weight is 304 g/mol. The number of ether oxygens (including phenoxy) is 1. The lowest BCUT2D eigenvalue weighted by molar-refractivity contribution is 0.273.